The van der Waals surface area contributed by atoms with Crippen LogP contribution in [0.25, 0.3) is 0 Å². The predicted octanol–water partition coefficient (Wildman–Crippen LogP) is 3.81. The van der Waals surface area contributed by atoms with Crippen LogP contribution in [-0.2, 0) is 29.2 Å². The van der Waals surface area contributed by atoms with Gasteiger partial charge in [-0.05, 0) is 49.2 Å². The maximum absolute atomic E-state index is 15.3. The fourth-order valence-electron chi connectivity index (χ4n) is 5.05. The van der Waals surface area contributed by atoms with E-state index in [0.717, 1.165) is 12.1 Å². The fraction of sp³-hybridized carbons (Fsp3) is 0.478. The first-order chi connectivity index (χ1) is 17.6. The second-order valence-electron chi connectivity index (χ2n) is 9.12. The number of sulfone groups is 2. The first kappa shape index (κ1) is 29.0. The second-order valence-corrected chi connectivity index (χ2v) is 14.0. The van der Waals surface area contributed by atoms with Crippen molar-refractivity contribution in [2.24, 2.45) is 5.92 Å². The average Bonchev–Trinajstić information content (AvgIpc) is 2.83. The van der Waals surface area contributed by atoms with Crippen molar-refractivity contribution in [3.05, 3.63) is 58.6 Å². The number of halogens is 6. The van der Waals surface area contributed by atoms with Crippen LogP contribution in [0.4, 0.5) is 22.0 Å². The molecule has 4 atom stereocenters. The van der Waals surface area contributed by atoms with Crippen molar-refractivity contribution >= 4 is 31.3 Å². The van der Waals surface area contributed by atoms with Gasteiger partial charge in [-0.25, -0.2) is 25.6 Å². The highest BCUT2D eigenvalue weighted by Gasteiger charge is 2.61. The van der Waals surface area contributed by atoms with Crippen LogP contribution in [0.15, 0.2) is 41.3 Å². The molecule has 0 aliphatic carbocycles. The highest BCUT2D eigenvalue weighted by Crippen LogP contribution is 2.56. The Kier molecular flexibility index (Phi) is 7.78. The topological polar surface area (TPSA) is 107 Å². The van der Waals surface area contributed by atoms with E-state index in [-0.39, 0.29) is 22.9 Å². The average molecular weight is 605 g/mol. The molecule has 0 unspecified atom stereocenters. The summed E-state index contributed by atoms with van der Waals surface area (Å²) in [5.74, 6) is -6.41. The van der Waals surface area contributed by atoms with Crippen molar-refractivity contribution in [3.8, 4) is 5.75 Å². The normalized spacial score (nSPS) is 24.7. The van der Waals surface area contributed by atoms with Crippen LogP contribution in [0.1, 0.15) is 18.4 Å². The van der Waals surface area contributed by atoms with Crippen LogP contribution < -0.4 is 4.74 Å². The Morgan fingerprint density at radius 1 is 1.05 bits per heavy atom. The van der Waals surface area contributed by atoms with Crippen molar-refractivity contribution < 1.29 is 53.4 Å². The lowest BCUT2D eigenvalue weighted by molar-refractivity contribution is -0.196. The van der Waals surface area contributed by atoms with Crippen LogP contribution in [0.5, 0.6) is 5.75 Å². The second kappa shape index (κ2) is 10.2. The van der Waals surface area contributed by atoms with Crippen LogP contribution in [-0.4, -0.2) is 65.0 Å². The number of aliphatic hydroxyl groups is 1. The molecule has 1 saturated heterocycles. The molecule has 0 bridgehead atoms. The third-order valence-corrected chi connectivity index (χ3v) is 11.3. The molecule has 15 heteroatoms. The van der Waals surface area contributed by atoms with Gasteiger partial charge in [-0.3, -0.25) is 0 Å². The number of ether oxygens (including phenoxy) is 2. The molecule has 2 aromatic carbocycles. The van der Waals surface area contributed by atoms with Crippen molar-refractivity contribution in [2.75, 3.05) is 24.7 Å². The van der Waals surface area contributed by atoms with Crippen molar-refractivity contribution in [2.45, 2.75) is 40.9 Å². The maximum atomic E-state index is 15.3. The maximum Gasteiger partial charge on any atom is 0.415 e. The Hall–Kier alpha value is -2.00. The molecular weight excluding hydrogens is 583 g/mol. The minimum atomic E-state index is -5.15. The first-order valence-electron chi connectivity index (χ1n) is 11.3. The summed E-state index contributed by atoms with van der Waals surface area (Å²) >= 11 is 5.89. The van der Waals surface area contributed by atoms with Gasteiger partial charge in [0.05, 0.1) is 34.7 Å². The highest BCUT2D eigenvalue weighted by molar-refractivity contribution is 7.92. The third-order valence-electron chi connectivity index (χ3n) is 6.85. The highest BCUT2D eigenvalue weighted by atomic mass is 35.5. The molecular formula is C23H22ClF5O7S2. The van der Waals surface area contributed by atoms with E-state index >= 15 is 4.39 Å². The van der Waals surface area contributed by atoms with E-state index in [1.54, 1.807) is 0 Å². The predicted molar refractivity (Wildman–Crippen MR) is 125 cm³/mol. The minimum Gasteiger partial charge on any atom is -0.490 e. The molecule has 2 heterocycles. The molecule has 0 radical (unpaired) electrons. The summed E-state index contributed by atoms with van der Waals surface area (Å²) < 4.78 is 130. The van der Waals surface area contributed by atoms with Gasteiger partial charge in [-0.15, -0.1) is 0 Å². The van der Waals surface area contributed by atoms with E-state index in [1.807, 2.05) is 0 Å². The number of alkyl halides is 3. The lowest BCUT2D eigenvalue weighted by Crippen LogP contribution is -2.57. The molecule has 7 nitrogen and oxygen atoms in total. The Labute approximate surface area is 220 Å². The SMILES string of the molecule is O=S(=O)(CC[C@@H]1OCC[C@@]2(S(=O)(=O)c3ccc(Cl)cc3)c3c(F)ccc(F)c3OC[C@@H]12)C[C@@H](O)C(F)(F)F. The fourth-order valence-corrected chi connectivity index (χ4v) is 8.95. The molecule has 4 rings (SSSR count). The summed E-state index contributed by atoms with van der Waals surface area (Å²) in [6.07, 6.45) is -10.3. The number of fused-ring (bicyclic) bond motifs is 3. The monoisotopic (exact) mass is 604 g/mol. The molecule has 1 N–H and O–H groups in total. The minimum absolute atomic E-state index is 0.221. The molecule has 0 amide bonds. The largest absolute Gasteiger partial charge is 0.490 e. The van der Waals surface area contributed by atoms with E-state index in [4.69, 9.17) is 21.1 Å². The summed E-state index contributed by atoms with van der Waals surface area (Å²) in [5.41, 5.74) is -0.563. The number of hydrogen-bond donors (Lipinski definition) is 1. The van der Waals surface area contributed by atoms with Gasteiger partial charge in [-0.2, -0.15) is 13.2 Å². The molecule has 1 fully saturated rings. The van der Waals surface area contributed by atoms with Crippen molar-refractivity contribution in [1.29, 1.82) is 0 Å². The molecule has 210 valence electrons. The summed E-state index contributed by atoms with van der Waals surface area (Å²) in [5, 5.41) is 9.40. The van der Waals surface area contributed by atoms with Gasteiger partial charge in [-0.1, -0.05) is 11.6 Å². The van der Waals surface area contributed by atoms with Gasteiger partial charge in [0, 0.05) is 17.5 Å². The van der Waals surface area contributed by atoms with E-state index in [2.05, 4.69) is 0 Å². The zero-order valence-electron chi connectivity index (χ0n) is 19.4. The zero-order valence-corrected chi connectivity index (χ0v) is 21.8. The van der Waals surface area contributed by atoms with E-state index in [9.17, 15) is 39.5 Å². The number of hydrogen-bond acceptors (Lipinski definition) is 7. The summed E-state index contributed by atoms with van der Waals surface area (Å²) in [6, 6.07) is 6.54. The molecule has 0 spiro atoms. The van der Waals surface area contributed by atoms with Gasteiger partial charge >= 0.3 is 6.18 Å². The van der Waals surface area contributed by atoms with E-state index < -0.39 is 96.2 Å². The quantitative estimate of drug-likeness (QED) is 0.479. The van der Waals surface area contributed by atoms with Crippen molar-refractivity contribution in [1.82, 2.24) is 0 Å². The number of rotatable bonds is 7. The zero-order chi connectivity index (χ0) is 28.1. The van der Waals surface area contributed by atoms with Crippen LogP contribution in [0, 0.1) is 17.6 Å². The Morgan fingerprint density at radius 3 is 2.32 bits per heavy atom. The summed E-state index contributed by atoms with van der Waals surface area (Å²) in [7, 11) is -9.02. The van der Waals surface area contributed by atoms with Gasteiger partial charge < -0.3 is 14.6 Å². The molecule has 2 aromatic rings. The van der Waals surface area contributed by atoms with Crippen LogP contribution >= 0.6 is 11.6 Å². The van der Waals surface area contributed by atoms with Gasteiger partial charge in [0.2, 0.25) is 0 Å². The van der Waals surface area contributed by atoms with E-state index in [0.29, 0.717) is 0 Å². The molecule has 0 saturated carbocycles. The smallest absolute Gasteiger partial charge is 0.415 e. The van der Waals surface area contributed by atoms with Gasteiger partial charge in [0.15, 0.2) is 37.3 Å². The standard InChI is InChI=1S/C23H22ClF5O7S2/c24-13-1-3-14(4-2-13)38(33,34)22-8-9-35-18(7-10-37(31,32)12-19(30)23(27,28)29)15(22)11-36-21-17(26)6-5-16(25)20(21)22/h1-6,15,18-19,30H,7-12H2/t15-,18-,19+,22-/m0/s1. The summed E-state index contributed by atoms with van der Waals surface area (Å²) in [4.78, 5) is -0.259. The lowest BCUT2D eigenvalue weighted by Gasteiger charge is -2.50. The Bertz CT molecular complexity index is 1410. The molecule has 2 aliphatic rings. The Morgan fingerprint density at radius 2 is 1.68 bits per heavy atom. The summed E-state index contributed by atoms with van der Waals surface area (Å²) in [6.45, 7) is -0.815. The molecule has 0 aromatic heterocycles. The van der Waals surface area contributed by atoms with Crippen molar-refractivity contribution in [3.63, 3.8) is 0 Å². The molecule has 38 heavy (non-hydrogen) atoms. The Balaban J connectivity index is 1.78. The van der Waals surface area contributed by atoms with Gasteiger partial charge in [0.1, 0.15) is 10.6 Å². The van der Waals surface area contributed by atoms with Crippen LogP contribution in [0.2, 0.25) is 5.02 Å². The first-order valence-corrected chi connectivity index (χ1v) is 15.0. The van der Waals surface area contributed by atoms with Gasteiger partial charge in [0.25, 0.3) is 0 Å². The molecule has 2 aliphatic heterocycles. The van der Waals surface area contributed by atoms with E-state index in [1.165, 1.54) is 24.3 Å². The third kappa shape index (κ3) is 5.12. The lowest BCUT2D eigenvalue weighted by atomic mass is 9.75. The van der Waals surface area contributed by atoms with Crippen LogP contribution in [0.3, 0.4) is 0 Å². The number of aliphatic hydroxyl groups excluding tert-OH is 1. The number of benzene rings is 2.